The molecule has 0 spiro atoms. The van der Waals surface area contributed by atoms with Crippen molar-refractivity contribution in [1.29, 1.82) is 0 Å². The Labute approximate surface area is 131 Å². The van der Waals surface area contributed by atoms with Crippen molar-refractivity contribution >= 4 is 22.9 Å². The lowest BCUT2D eigenvalue weighted by molar-refractivity contribution is -0.117. The highest BCUT2D eigenvalue weighted by Gasteiger charge is 2.25. The molecule has 1 fully saturated rings. The maximum Gasteiger partial charge on any atom is 0.267 e. The van der Waals surface area contributed by atoms with Gasteiger partial charge in [-0.05, 0) is 31.0 Å². The van der Waals surface area contributed by atoms with Gasteiger partial charge in [0.25, 0.3) is 5.56 Å². The van der Waals surface area contributed by atoms with Gasteiger partial charge in [-0.15, -0.1) is 0 Å². The molecule has 3 aromatic rings. The molecule has 2 heterocycles. The SMILES string of the molecule is O=C(Cn1nc(C2CC2)ccc1=O)Nc1nc2ccccc2[nH]1. The normalized spacial score (nSPS) is 14.1. The first kappa shape index (κ1) is 13.7. The standard InChI is InChI=1S/C16H15N5O2/c22-14(19-16-17-12-3-1-2-4-13(12)18-16)9-21-15(23)8-7-11(20-21)10-5-6-10/h1-4,7-8,10H,5-6,9H2,(H2,17,18,19,22). The van der Waals surface area contributed by atoms with Crippen LogP contribution in [0.1, 0.15) is 24.5 Å². The second-order valence-corrected chi connectivity index (χ2v) is 5.68. The van der Waals surface area contributed by atoms with Crippen LogP contribution < -0.4 is 10.9 Å². The third-order valence-electron chi connectivity index (χ3n) is 3.82. The van der Waals surface area contributed by atoms with E-state index in [0.29, 0.717) is 11.9 Å². The van der Waals surface area contributed by atoms with Crippen LogP contribution in [0.2, 0.25) is 0 Å². The average molecular weight is 309 g/mol. The number of rotatable bonds is 4. The number of H-pyrrole nitrogens is 1. The van der Waals surface area contributed by atoms with E-state index < -0.39 is 0 Å². The highest BCUT2D eigenvalue weighted by Crippen LogP contribution is 2.38. The van der Waals surface area contributed by atoms with E-state index in [-0.39, 0.29) is 18.0 Å². The van der Waals surface area contributed by atoms with Crippen molar-refractivity contribution in [2.24, 2.45) is 0 Å². The molecule has 2 aromatic heterocycles. The molecule has 1 amide bonds. The van der Waals surface area contributed by atoms with Gasteiger partial charge in [-0.3, -0.25) is 14.9 Å². The molecule has 7 nitrogen and oxygen atoms in total. The zero-order valence-electron chi connectivity index (χ0n) is 12.3. The Morgan fingerprint density at radius 2 is 2.09 bits per heavy atom. The number of aromatic nitrogens is 4. The summed E-state index contributed by atoms with van der Waals surface area (Å²) >= 11 is 0. The van der Waals surface area contributed by atoms with Gasteiger partial charge in [-0.2, -0.15) is 5.10 Å². The van der Waals surface area contributed by atoms with Crippen molar-refractivity contribution in [2.45, 2.75) is 25.3 Å². The van der Waals surface area contributed by atoms with Crippen LogP contribution in [0.15, 0.2) is 41.2 Å². The molecule has 1 aliphatic carbocycles. The first-order chi connectivity index (χ1) is 11.2. The van der Waals surface area contributed by atoms with Crippen LogP contribution >= 0.6 is 0 Å². The van der Waals surface area contributed by atoms with Crippen molar-refractivity contribution in [2.75, 3.05) is 5.32 Å². The molecule has 1 aromatic carbocycles. The predicted molar refractivity (Wildman–Crippen MR) is 85.2 cm³/mol. The molecule has 0 aliphatic heterocycles. The predicted octanol–water partition coefficient (Wildman–Crippen LogP) is 1.64. The van der Waals surface area contributed by atoms with Crippen molar-refractivity contribution in [3.05, 3.63) is 52.4 Å². The van der Waals surface area contributed by atoms with E-state index in [1.807, 2.05) is 24.3 Å². The number of carbonyl (C=O) groups excluding carboxylic acids is 1. The molecule has 23 heavy (non-hydrogen) atoms. The fourth-order valence-corrected chi connectivity index (χ4v) is 2.49. The van der Waals surface area contributed by atoms with Gasteiger partial charge >= 0.3 is 0 Å². The van der Waals surface area contributed by atoms with E-state index in [1.54, 1.807) is 6.07 Å². The minimum absolute atomic E-state index is 0.129. The molecule has 2 N–H and O–H groups in total. The van der Waals surface area contributed by atoms with E-state index in [1.165, 1.54) is 10.7 Å². The summed E-state index contributed by atoms with van der Waals surface area (Å²) in [4.78, 5) is 31.3. The first-order valence-electron chi connectivity index (χ1n) is 7.52. The summed E-state index contributed by atoms with van der Waals surface area (Å²) in [5.41, 5.74) is 2.21. The number of amides is 1. The fourth-order valence-electron chi connectivity index (χ4n) is 2.49. The van der Waals surface area contributed by atoms with Crippen molar-refractivity contribution in [3.63, 3.8) is 0 Å². The number of anilines is 1. The molecular formula is C16H15N5O2. The smallest absolute Gasteiger partial charge is 0.267 e. The van der Waals surface area contributed by atoms with Crippen LogP contribution in [-0.4, -0.2) is 25.7 Å². The van der Waals surface area contributed by atoms with Crippen LogP contribution in [0.4, 0.5) is 5.95 Å². The molecule has 7 heteroatoms. The molecule has 1 saturated carbocycles. The monoisotopic (exact) mass is 309 g/mol. The van der Waals surface area contributed by atoms with Crippen LogP contribution in [-0.2, 0) is 11.3 Å². The highest BCUT2D eigenvalue weighted by molar-refractivity contribution is 5.90. The van der Waals surface area contributed by atoms with Crippen molar-refractivity contribution in [1.82, 2.24) is 19.7 Å². The average Bonchev–Trinajstić information content (AvgIpc) is 3.29. The van der Waals surface area contributed by atoms with E-state index >= 15 is 0 Å². The Morgan fingerprint density at radius 3 is 2.87 bits per heavy atom. The number of carbonyl (C=O) groups is 1. The van der Waals surface area contributed by atoms with E-state index in [0.717, 1.165) is 29.6 Å². The summed E-state index contributed by atoms with van der Waals surface area (Å²) in [6.45, 7) is -0.129. The van der Waals surface area contributed by atoms with Gasteiger partial charge in [-0.1, -0.05) is 12.1 Å². The molecule has 0 bridgehead atoms. The summed E-state index contributed by atoms with van der Waals surface area (Å²) in [7, 11) is 0. The first-order valence-corrected chi connectivity index (χ1v) is 7.52. The number of hydrogen-bond donors (Lipinski definition) is 2. The third-order valence-corrected chi connectivity index (χ3v) is 3.82. The lowest BCUT2D eigenvalue weighted by Crippen LogP contribution is -2.30. The largest absolute Gasteiger partial charge is 0.324 e. The lowest BCUT2D eigenvalue weighted by Gasteiger charge is -2.06. The maximum atomic E-state index is 12.1. The van der Waals surface area contributed by atoms with Gasteiger partial charge in [-0.25, -0.2) is 9.67 Å². The number of imidazole rings is 1. The number of nitrogens with zero attached hydrogens (tertiary/aromatic N) is 3. The molecule has 0 unspecified atom stereocenters. The van der Waals surface area contributed by atoms with Crippen molar-refractivity contribution < 1.29 is 4.79 Å². The van der Waals surface area contributed by atoms with Gasteiger partial charge in [0, 0.05) is 12.0 Å². The summed E-state index contributed by atoms with van der Waals surface area (Å²) in [6.07, 6.45) is 2.19. The number of nitrogens with one attached hydrogen (secondary N) is 2. The van der Waals surface area contributed by atoms with Crippen molar-refractivity contribution in [3.8, 4) is 0 Å². The Kier molecular flexibility index (Phi) is 3.18. The lowest BCUT2D eigenvalue weighted by atomic mass is 10.3. The minimum atomic E-state index is -0.341. The van der Waals surface area contributed by atoms with Gasteiger partial charge < -0.3 is 4.98 Å². The van der Waals surface area contributed by atoms with Gasteiger partial charge in [0.2, 0.25) is 11.9 Å². The van der Waals surface area contributed by atoms with E-state index in [2.05, 4.69) is 20.4 Å². The van der Waals surface area contributed by atoms with Gasteiger partial charge in [0.1, 0.15) is 6.54 Å². The van der Waals surface area contributed by atoms with Crippen LogP contribution in [0.25, 0.3) is 11.0 Å². The number of fused-ring (bicyclic) bond motifs is 1. The maximum absolute atomic E-state index is 12.1. The summed E-state index contributed by atoms with van der Waals surface area (Å²) in [5, 5.41) is 6.94. The summed E-state index contributed by atoms with van der Waals surface area (Å²) < 4.78 is 1.20. The Morgan fingerprint density at radius 1 is 1.26 bits per heavy atom. The molecule has 4 rings (SSSR count). The molecule has 1 aliphatic rings. The summed E-state index contributed by atoms with van der Waals surface area (Å²) in [5.74, 6) is 0.453. The minimum Gasteiger partial charge on any atom is -0.324 e. The Balaban J connectivity index is 1.51. The van der Waals surface area contributed by atoms with E-state index in [4.69, 9.17) is 0 Å². The molecule has 116 valence electrons. The fraction of sp³-hybridized carbons (Fsp3) is 0.250. The Hall–Kier alpha value is -2.96. The number of aromatic amines is 1. The number of benzene rings is 1. The zero-order chi connectivity index (χ0) is 15.8. The van der Waals surface area contributed by atoms with Gasteiger partial charge in [0.05, 0.1) is 16.7 Å². The third kappa shape index (κ3) is 2.85. The molecule has 0 saturated heterocycles. The number of para-hydroxylation sites is 2. The topological polar surface area (TPSA) is 92.7 Å². The number of hydrogen-bond acceptors (Lipinski definition) is 4. The van der Waals surface area contributed by atoms with Crippen LogP contribution in [0, 0.1) is 0 Å². The Bertz CT molecular complexity index is 906. The molecule has 0 atom stereocenters. The molecule has 0 radical (unpaired) electrons. The summed E-state index contributed by atoms with van der Waals surface area (Å²) in [6, 6.07) is 10.7. The second-order valence-electron chi connectivity index (χ2n) is 5.68. The second kappa shape index (κ2) is 5.35. The zero-order valence-corrected chi connectivity index (χ0v) is 12.3. The van der Waals surface area contributed by atoms with Crippen LogP contribution in [0.5, 0.6) is 0 Å². The van der Waals surface area contributed by atoms with E-state index in [9.17, 15) is 9.59 Å². The quantitative estimate of drug-likeness (QED) is 0.766. The van der Waals surface area contributed by atoms with Crippen LogP contribution in [0.3, 0.4) is 0 Å². The molecular weight excluding hydrogens is 294 g/mol. The highest BCUT2D eigenvalue weighted by atomic mass is 16.2. The van der Waals surface area contributed by atoms with Gasteiger partial charge in [0.15, 0.2) is 0 Å².